The fraction of sp³-hybridized carbons (Fsp3) is 0.500. The number of carbonyl (C=O) groups is 1. The van der Waals surface area contributed by atoms with Gasteiger partial charge >= 0.3 is 0 Å². The molecule has 0 radical (unpaired) electrons. The molecule has 0 amide bonds. The fourth-order valence-corrected chi connectivity index (χ4v) is 1.72. The van der Waals surface area contributed by atoms with Crippen LogP contribution in [-0.4, -0.2) is 19.5 Å². The van der Waals surface area contributed by atoms with Crippen LogP contribution in [0.15, 0.2) is 24.3 Å². The zero-order valence-corrected chi connectivity index (χ0v) is 10.1. The Kier molecular flexibility index (Phi) is 4.02. The molecule has 0 unspecified atom stereocenters. The van der Waals surface area contributed by atoms with E-state index in [1.807, 2.05) is 24.3 Å². The van der Waals surface area contributed by atoms with Gasteiger partial charge in [-0.1, -0.05) is 0 Å². The van der Waals surface area contributed by atoms with Crippen LogP contribution in [0.25, 0.3) is 0 Å². The van der Waals surface area contributed by atoms with Gasteiger partial charge in [-0.2, -0.15) is 0 Å². The van der Waals surface area contributed by atoms with Crippen molar-refractivity contribution in [2.24, 2.45) is 5.92 Å². The number of carbonyl (C=O) groups excluding carboxylic acids is 1. The molecule has 0 aromatic heterocycles. The molecule has 1 aliphatic rings. The fourth-order valence-electron chi connectivity index (χ4n) is 1.72. The first kappa shape index (κ1) is 12.0. The van der Waals surface area contributed by atoms with Crippen LogP contribution in [0.1, 0.15) is 25.7 Å². The van der Waals surface area contributed by atoms with Gasteiger partial charge in [0.15, 0.2) is 0 Å². The van der Waals surface area contributed by atoms with E-state index in [9.17, 15) is 4.79 Å². The SMILES string of the molecule is COc1ccc(OCCCC(=O)C2CC2)cc1. The van der Waals surface area contributed by atoms with Crippen LogP contribution in [0, 0.1) is 5.92 Å². The largest absolute Gasteiger partial charge is 0.497 e. The predicted octanol–water partition coefficient (Wildman–Crippen LogP) is 2.83. The second-order valence-electron chi connectivity index (χ2n) is 4.37. The summed E-state index contributed by atoms with van der Waals surface area (Å²) in [5, 5.41) is 0. The Morgan fingerprint density at radius 3 is 2.47 bits per heavy atom. The number of hydrogen-bond acceptors (Lipinski definition) is 3. The summed E-state index contributed by atoms with van der Waals surface area (Å²) in [7, 11) is 1.64. The Bertz CT molecular complexity index is 366. The van der Waals surface area contributed by atoms with Gasteiger partial charge < -0.3 is 9.47 Å². The van der Waals surface area contributed by atoms with Crippen molar-refractivity contribution in [3.63, 3.8) is 0 Å². The minimum absolute atomic E-state index is 0.371. The maximum atomic E-state index is 11.4. The van der Waals surface area contributed by atoms with Gasteiger partial charge in [0.2, 0.25) is 0 Å². The van der Waals surface area contributed by atoms with Crippen LogP contribution in [0.2, 0.25) is 0 Å². The number of ether oxygens (including phenoxy) is 2. The molecule has 3 nitrogen and oxygen atoms in total. The third kappa shape index (κ3) is 3.77. The van der Waals surface area contributed by atoms with Gasteiger partial charge in [-0.25, -0.2) is 0 Å². The Hall–Kier alpha value is -1.51. The summed E-state index contributed by atoms with van der Waals surface area (Å²) < 4.78 is 10.6. The minimum atomic E-state index is 0.371. The molecule has 0 atom stereocenters. The maximum Gasteiger partial charge on any atom is 0.136 e. The van der Waals surface area contributed by atoms with Crippen molar-refractivity contribution in [1.29, 1.82) is 0 Å². The first-order valence-corrected chi connectivity index (χ1v) is 6.09. The monoisotopic (exact) mass is 234 g/mol. The van der Waals surface area contributed by atoms with Crippen molar-refractivity contribution in [3.8, 4) is 11.5 Å². The second-order valence-corrected chi connectivity index (χ2v) is 4.37. The van der Waals surface area contributed by atoms with Gasteiger partial charge in [-0.3, -0.25) is 4.79 Å². The van der Waals surface area contributed by atoms with E-state index in [2.05, 4.69) is 0 Å². The van der Waals surface area contributed by atoms with E-state index in [0.29, 0.717) is 24.7 Å². The van der Waals surface area contributed by atoms with Crippen molar-refractivity contribution in [2.45, 2.75) is 25.7 Å². The number of ketones is 1. The summed E-state index contributed by atoms with van der Waals surface area (Å²) in [6.45, 7) is 0.602. The van der Waals surface area contributed by atoms with Crippen LogP contribution in [-0.2, 0) is 4.79 Å². The Balaban J connectivity index is 1.65. The van der Waals surface area contributed by atoms with E-state index in [1.54, 1.807) is 7.11 Å². The Morgan fingerprint density at radius 2 is 1.88 bits per heavy atom. The molecular formula is C14H18O3. The molecule has 0 saturated heterocycles. The summed E-state index contributed by atoms with van der Waals surface area (Å²) in [6.07, 6.45) is 3.65. The van der Waals surface area contributed by atoms with E-state index in [1.165, 1.54) is 0 Å². The molecule has 1 saturated carbocycles. The first-order chi connectivity index (χ1) is 8.29. The topological polar surface area (TPSA) is 35.5 Å². The molecule has 2 rings (SSSR count). The van der Waals surface area contributed by atoms with Crippen molar-refractivity contribution >= 4 is 5.78 Å². The first-order valence-electron chi connectivity index (χ1n) is 6.09. The standard InChI is InChI=1S/C14H18O3/c1-16-12-6-8-13(9-7-12)17-10-2-3-14(15)11-4-5-11/h6-9,11H,2-5,10H2,1H3. The molecule has 0 N–H and O–H groups in total. The van der Waals surface area contributed by atoms with E-state index in [-0.39, 0.29) is 0 Å². The minimum Gasteiger partial charge on any atom is -0.497 e. The van der Waals surface area contributed by atoms with E-state index >= 15 is 0 Å². The van der Waals surface area contributed by atoms with Crippen LogP contribution < -0.4 is 9.47 Å². The van der Waals surface area contributed by atoms with E-state index in [4.69, 9.17) is 9.47 Å². The molecule has 0 heterocycles. The van der Waals surface area contributed by atoms with Gasteiger partial charge in [0.25, 0.3) is 0 Å². The summed E-state index contributed by atoms with van der Waals surface area (Å²) in [5.74, 6) is 2.42. The average molecular weight is 234 g/mol. The van der Waals surface area contributed by atoms with E-state index < -0.39 is 0 Å². The molecule has 0 bridgehead atoms. The van der Waals surface area contributed by atoms with Gasteiger partial charge in [-0.05, 0) is 43.5 Å². The third-order valence-corrected chi connectivity index (χ3v) is 2.93. The Labute approximate surface area is 102 Å². The molecule has 1 aliphatic carbocycles. The number of methoxy groups -OCH3 is 1. The van der Waals surface area contributed by atoms with Crippen LogP contribution >= 0.6 is 0 Å². The molecular weight excluding hydrogens is 216 g/mol. The lowest BCUT2D eigenvalue weighted by atomic mass is 10.1. The summed E-state index contributed by atoms with van der Waals surface area (Å²) in [5.41, 5.74) is 0. The lowest BCUT2D eigenvalue weighted by molar-refractivity contribution is -0.120. The second kappa shape index (κ2) is 5.71. The normalized spacial score (nSPS) is 14.4. The molecule has 3 heteroatoms. The Morgan fingerprint density at radius 1 is 1.24 bits per heavy atom. The number of benzene rings is 1. The highest BCUT2D eigenvalue weighted by atomic mass is 16.5. The molecule has 1 aromatic carbocycles. The number of rotatable bonds is 7. The smallest absolute Gasteiger partial charge is 0.136 e. The van der Waals surface area contributed by atoms with Gasteiger partial charge in [-0.15, -0.1) is 0 Å². The van der Waals surface area contributed by atoms with Crippen molar-refractivity contribution < 1.29 is 14.3 Å². The van der Waals surface area contributed by atoms with E-state index in [0.717, 1.165) is 30.8 Å². The molecule has 92 valence electrons. The van der Waals surface area contributed by atoms with Crippen molar-refractivity contribution in [3.05, 3.63) is 24.3 Å². The van der Waals surface area contributed by atoms with Crippen LogP contribution in [0.4, 0.5) is 0 Å². The number of Topliss-reactive ketones (excluding diaryl/α,β-unsaturated/α-hetero) is 1. The van der Waals surface area contributed by atoms with Gasteiger partial charge in [0.05, 0.1) is 13.7 Å². The summed E-state index contributed by atoms with van der Waals surface area (Å²) >= 11 is 0. The predicted molar refractivity (Wildman–Crippen MR) is 65.5 cm³/mol. The quantitative estimate of drug-likeness (QED) is 0.680. The summed E-state index contributed by atoms with van der Waals surface area (Å²) in [6, 6.07) is 7.48. The lowest BCUT2D eigenvalue weighted by Gasteiger charge is -2.06. The van der Waals surface area contributed by atoms with Crippen molar-refractivity contribution in [1.82, 2.24) is 0 Å². The van der Waals surface area contributed by atoms with Crippen molar-refractivity contribution in [2.75, 3.05) is 13.7 Å². The number of hydrogen-bond donors (Lipinski definition) is 0. The zero-order valence-electron chi connectivity index (χ0n) is 10.1. The maximum absolute atomic E-state index is 11.4. The molecule has 1 fully saturated rings. The van der Waals surface area contributed by atoms with Gasteiger partial charge in [0.1, 0.15) is 17.3 Å². The third-order valence-electron chi connectivity index (χ3n) is 2.93. The highest BCUT2D eigenvalue weighted by Crippen LogP contribution is 2.31. The molecule has 0 aliphatic heterocycles. The molecule has 0 spiro atoms. The molecule has 17 heavy (non-hydrogen) atoms. The van der Waals surface area contributed by atoms with Gasteiger partial charge in [0, 0.05) is 12.3 Å². The highest BCUT2D eigenvalue weighted by Gasteiger charge is 2.28. The lowest BCUT2D eigenvalue weighted by Crippen LogP contribution is -2.04. The van der Waals surface area contributed by atoms with Crippen LogP contribution in [0.5, 0.6) is 11.5 Å². The molecule has 1 aromatic rings. The highest BCUT2D eigenvalue weighted by molar-refractivity contribution is 5.83. The average Bonchev–Trinajstić information content (AvgIpc) is 3.19. The van der Waals surface area contributed by atoms with Crippen LogP contribution in [0.3, 0.4) is 0 Å². The zero-order chi connectivity index (χ0) is 12.1. The summed E-state index contributed by atoms with van der Waals surface area (Å²) in [4.78, 5) is 11.4.